The minimum atomic E-state index is -0.271. The van der Waals surface area contributed by atoms with Crippen molar-refractivity contribution in [3.8, 4) is 0 Å². The zero-order valence-electron chi connectivity index (χ0n) is 8.06. The molecule has 0 spiro atoms. The second-order valence-corrected chi connectivity index (χ2v) is 2.94. The third-order valence-corrected chi connectivity index (χ3v) is 1.87. The van der Waals surface area contributed by atoms with E-state index in [1.807, 2.05) is 0 Å². The number of hydrogen-bond acceptors (Lipinski definition) is 4. The number of nitrogens with one attached hydrogen (secondary N) is 2. The minimum Gasteiger partial charge on any atom is -0.290 e. The minimum absolute atomic E-state index is 0.271. The number of carbonyl (C=O) groups excluding carboxylic acids is 1. The molecule has 2 aromatic rings. The highest BCUT2D eigenvalue weighted by molar-refractivity contribution is 6.03. The zero-order valence-corrected chi connectivity index (χ0v) is 8.06. The largest absolute Gasteiger partial charge is 0.290 e. The van der Waals surface area contributed by atoms with Gasteiger partial charge in [-0.3, -0.25) is 15.2 Å². The number of aromatic nitrogens is 4. The number of aromatic amines is 1. The average Bonchev–Trinajstić information content (AvgIpc) is 2.66. The zero-order chi connectivity index (χ0) is 10.7. The van der Waals surface area contributed by atoms with E-state index in [9.17, 15) is 4.79 Å². The second-order valence-electron chi connectivity index (χ2n) is 2.94. The lowest BCUT2D eigenvalue weighted by Gasteiger charge is -2.00. The first-order valence-corrected chi connectivity index (χ1v) is 4.35. The summed E-state index contributed by atoms with van der Waals surface area (Å²) in [5.41, 5.74) is 1.20. The van der Waals surface area contributed by atoms with Crippen LogP contribution in [0.3, 0.4) is 0 Å². The third kappa shape index (κ3) is 1.98. The van der Waals surface area contributed by atoms with Crippen LogP contribution in [0.5, 0.6) is 0 Å². The second kappa shape index (κ2) is 3.87. The van der Waals surface area contributed by atoms with E-state index >= 15 is 0 Å². The van der Waals surface area contributed by atoms with Gasteiger partial charge in [0, 0.05) is 18.1 Å². The van der Waals surface area contributed by atoms with Gasteiger partial charge in [-0.1, -0.05) is 0 Å². The van der Waals surface area contributed by atoms with Crippen LogP contribution in [-0.4, -0.2) is 26.1 Å². The monoisotopic (exact) mass is 203 g/mol. The van der Waals surface area contributed by atoms with Gasteiger partial charge in [-0.25, -0.2) is 9.97 Å². The van der Waals surface area contributed by atoms with Gasteiger partial charge in [0.15, 0.2) is 0 Å². The molecule has 0 radical (unpaired) electrons. The first kappa shape index (κ1) is 9.32. The molecule has 2 aromatic heterocycles. The Morgan fingerprint density at radius 1 is 1.40 bits per heavy atom. The van der Waals surface area contributed by atoms with E-state index in [4.69, 9.17) is 0 Å². The number of carbonyl (C=O) groups is 1. The summed E-state index contributed by atoms with van der Waals surface area (Å²) in [6.45, 7) is 1.77. The summed E-state index contributed by atoms with van der Waals surface area (Å²) >= 11 is 0. The summed E-state index contributed by atoms with van der Waals surface area (Å²) in [6, 6.07) is 1.68. The van der Waals surface area contributed by atoms with Gasteiger partial charge in [-0.05, 0) is 13.0 Å². The molecule has 0 aliphatic carbocycles. The van der Waals surface area contributed by atoms with Gasteiger partial charge in [0.1, 0.15) is 0 Å². The van der Waals surface area contributed by atoms with E-state index in [0.29, 0.717) is 11.3 Å². The van der Waals surface area contributed by atoms with Crippen LogP contribution in [0, 0.1) is 6.92 Å². The Kier molecular flexibility index (Phi) is 2.40. The maximum absolute atomic E-state index is 11.6. The molecule has 2 rings (SSSR count). The molecule has 15 heavy (non-hydrogen) atoms. The Labute approximate surface area is 85.8 Å². The molecular weight excluding hydrogens is 194 g/mol. The number of anilines is 1. The van der Waals surface area contributed by atoms with Crippen molar-refractivity contribution >= 4 is 11.9 Å². The molecule has 6 heteroatoms. The molecule has 0 atom stereocenters. The molecular formula is C9H9N5O. The Morgan fingerprint density at radius 3 is 2.73 bits per heavy atom. The maximum atomic E-state index is 11.6. The highest BCUT2D eigenvalue weighted by atomic mass is 16.1. The Hall–Kier alpha value is -2.24. The first-order chi connectivity index (χ1) is 7.27. The van der Waals surface area contributed by atoms with Gasteiger partial charge in [0.05, 0.1) is 11.8 Å². The number of aryl methyl sites for hydroxylation is 1. The summed E-state index contributed by atoms with van der Waals surface area (Å²) in [7, 11) is 0. The van der Waals surface area contributed by atoms with Crippen LogP contribution in [0.2, 0.25) is 0 Å². The van der Waals surface area contributed by atoms with Crippen LogP contribution >= 0.6 is 0 Å². The fourth-order valence-electron chi connectivity index (χ4n) is 1.11. The molecule has 76 valence electrons. The van der Waals surface area contributed by atoms with Gasteiger partial charge >= 0.3 is 0 Å². The van der Waals surface area contributed by atoms with E-state index in [0.717, 1.165) is 0 Å². The van der Waals surface area contributed by atoms with Crippen molar-refractivity contribution in [3.05, 3.63) is 35.9 Å². The SMILES string of the molecule is Cc1[nH]ncc1C(=O)Nc1ncccn1. The Bertz CT molecular complexity index is 464. The lowest BCUT2D eigenvalue weighted by atomic mass is 10.2. The van der Waals surface area contributed by atoms with Crippen molar-refractivity contribution in [1.29, 1.82) is 0 Å². The molecule has 2 N–H and O–H groups in total. The smallest absolute Gasteiger partial charge is 0.261 e. The highest BCUT2D eigenvalue weighted by Gasteiger charge is 2.11. The fourth-order valence-corrected chi connectivity index (χ4v) is 1.11. The van der Waals surface area contributed by atoms with Crippen molar-refractivity contribution in [2.45, 2.75) is 6.92 Å². The van der Waals surface area contributed by atoms with Crippen molar-refractivity contribution in [2.75, 3.05) is 5.32 Å². The molecule has 0 unspecified atom stereocenters. The standard InChI is InChI=1S/C9H9N5O/c1-6-7(5-12-14-6)8(15)13-9-10-3-2-4-11-9/h2-5H,1H3,(H,12,14)(H,10,11,13,15). The molecule has 0 saturated carbocycles. The first-order valence-electron chi connectivity index (χ1n) is 4.35. The quantitative estimate of drug-likeness (QED) is 0.754. The summed E-state index contributed by atoms with van der Waals surface area (Å²) < 4.78 is 0. The lowest BCUT2D eigenvalue weighted by molar-refractivity contribution is 0.102. The predicted octanol–water partition coefficient (Wildman–Crippen LogP) is 0.760. The summed E-state index contributed by atoms with van der Waals surface area (Å²) in [6.07, 6.45) is 4.59. The van der Waals surface area contributed by atoms with Crippen LogP contribution in [0.15, 0.2) is 24.7 Å². The Balaban J connectivity index is 2.15. The van der Waals surface area contributed by atoms with Gasteiger partial charge in [-0.2, -0.15) is 5.10 Å². The average molecular weight is 203 g/mol. The summed E-state index contributed by atoms with van der Waals surface area (Å²) in [4.78, 5) is 19.4. The molecule has 2 heterocycles. The normalized spacial score (nSPS) is 9.93. The molecule has 0 fully saturated rings. The van der Waals surface area contributed by atoms with Crippen molar-refractivity contribution < 1.29 is 4.79 Å². The van der Waals surface area contributed by atoms with E-state index in [-0.39, 0.29) is 11.9 Å². The van der Waals surface area contributed by atoms with E-state index < -0.39 is 0 Å². The Morgan fingerprint density at radius 2 is 2.13 bits per heavy atom. The molecule has 0 saturated heterocycles. The summed E-state index contributed by atoms with van der Waals surface area (Å²) in [5, 5.41) is 9.01. The lowest BCUT2D eigenvalue weighted by Crippen LogP contribution is -2.14. The molecule has 1 amide bonds. The third-order valence-electron chi connectivity index (χ3n) is 1.87. The van der Waals surface area contributed by atoms with Crippen LogP contribution < -0.4 is 5.32 Å². The van der Waals surface area contributed by atoms with Crippen LogP contribution in [0.4, 0.5) is 5.95 Å². The van der Waals surface area contributed by atoms with Crippen LogP contribution in [-0.2, 0) is 0 Å². The molecule has 0 bridgehead atoms. The molecule has 6 nitrogen and oxygen atoms in total. The number of nitrogens with zero attached hydrogens (tertiary/aromatic N) is 3. The number of amides is 1. The molecule has 0 aromatic carbocycles. The van der Waals surface area contributed by atoms with Crippen molar-refractivity contribution in [2.24, 2.45) is 0 Å². The van der Waals surface area contributed by atoms with Gasteiger partial charge in [0.2, 0.25) is 5.95 Å². The predicted molar refractivity (Wildman–Crippen MR) is 53.3 cm³/mol. The molecule has 0 aliphatic rings. The molecule has 0 aliphatic heterocycles. The van der Waals surface area contributed by atoms with Gasteiger partial charge < -0.3 is 0 Å². The van der Waals surface area contributed by atoms with Crippen LogP contribution in [0.1, 0.15) is 16.1 Å². The highest BCUT2D eigenvalue weighted by Crippen LogP contribution is 2.05. The van der Waals surface area contributed by atoms with Gasteiger partial charge in [0.25, 0.3) is 5.91 Å². The summed E-state index contributed by atoms with van der Waals surface area (Å²) in [5.74, 6) is 0.00977. The van der Waals surface area contributed by atoms with Crippen molar-refractivity contribution in [1.82, 2.24) is 20.2 Å². The van der Waals surface area contributed by atoms with E-state index in [1.54, 1.807) is 25.4 Å². The number of hydrogen-bond donors (Lipinski definition) is 2. The number of H-pyrrole nitrogens is 1. The van der Waals surface area contributed by atoms with E-state index in [2.05, 4.69) is 25.5 Å². The van der Waals surface area contributed by atoms with Gasteiger partial charge in [-0.15, -0.1) is 0 Å². The fraction of sp³-hybridized carbons (Fsp3) is 0.111. The maximum Gasteiger partial charge on any atom is 0.261 e. The number of rotatable bonds is 2. The van der Waals surface area contributed by atoms with E-state index in [1.165, 1.54) is 6.20 Å². The van der Waals surface area contributed by atoms with Crippen LogP contribution in [0.25, 0.3) is 0 Å². The van der Waals surface area contributed by atoms with Crippen molar-refractivity contribution in [3.63, 3.8) is 0 Å². The topological polar surface area (TPSA) is 83.6 Å².